The Morgan fingerprint density at radius 3 is 2.33 bits per heavy atom. The maximum absolute atomic E-state index is 6.06. The molecule has 0 radical (unpaired) electrons. The number of nitrogens with zero attached hydrogens (tertiary/aromatic N) is 1. The van der Waals surface area contributed by atoms with Crippen LogP contribution in [-0.4, -0.2) is 25.5 Å². The van der Waals surface area contributed by atoms with Gasteiger partial charge in [-0.15, -0.1) is 0 Å². The number of benzene rings is 2. The van der Waals surface area contributed by atoms with E-state index >= 15 is 0 Å². The Morgan fingerprint density at radius 2 is 1.71 bits per heavy atom. The summed E-state index contributed by atoms with van der Waals surface area (Å²) in [6.07, 6.45) is 0. The van der Waals surface area contributed by atoms with E-state index in [1.165, 1.54) is 5.56 Å². The minimum atomic E-state index is 0.274. The number of hydrogen-bond donors (Lipinski definition) is 1. The summed E-state index contributed by atoms with van der Waals surface area (Å²) in [7, 11) is 4.16. The van der Waals surface area contributed by atoms with E-state index in [2.05, 4.69) is 48.6 Å². The number of halogens is 2. The average molecular weight is 323 g/mol. The summed E-state index contributed by atoms with van der Waals surface area (Å²) in [6.45, 7) is 1.69. The van der Waals surface area contributed by atoms with Crippen molar-refractivity contribution in [3.05, 3.63) is 69.7 Å². The Bertz CT molecular complexity index is 570. The molecule has 112 valence electrons. The van der Waals surface area contributed by atoms with Crippen LogP contribution >= 0.6 is 23.2 Å². The van der Waals surface area contributed by atoms with E-state index < -0.39 is 0 Å². The van der Waals surface area contributed by atoms with Crippen molar-refractivity contribution in [3.8, 4) is 0 Å². The molecule has 2 nitrogen and oxygen atoms in total. The van der Waals surface area contributed by atoms with Crippen molar-refractivity contribution in [1.82, 2.24) is 10.2 Å². The molecule has 1 unspecified atom stereocenters. The quantitative estimate of drug-likeness (QED) is 0.848. The zero-order valence-corrected chi connectivity index (χ0v) is 13.8. The fourth-order valence-corrected chi connectivity index (χ4v) is 2.55. The van der Waals surface area contributed by atoms with Gasteiger partial charge in [-0.25, -0.2) is 0 Å². The fourth-order valence-electron chi connectivity index (χ4n) is 2.23. The minimum absolute atomic E-state index is 0.274. The monoisotopic (exact) mass is 322 g/mol. The smallest absolute Gasteiger partial charge is 0.0595 e. The van der Waals surface area contributed by atoms with Gasteiger partial charge in [0.15, 0.2) is 0 Å². The van der Waals surface area contributed by atoms with E-state index in [9.17, 15) is 0 Å². The van der Waals surface area contributed by atoms with Crippen molar-refractivity contribution < 1.29 is 0 Å². The van der Waals surface area contributed by atoms with Crippen LogP contribution in [0.15, 0.2) is 48.5 Å². The van der Waals surface area contributed by atoms with Gasteiger partial charge in [0.05, 0.1) is 10.0 Å². The van der Waals surface area contributed by atoms with Crippen LogP contribution in [-0.2, 0) is 6.54 Å². The van der Waals surface area contributed by atoms with Gasteiger partial charge < -0.3 is 10.2 Å². The molecule has 0 heterocycles. The molecule has 2 rings (SSSR count). The zero-order valence-electron chi connectivity index (χ0n) is 12.3. The second-order valence-electron chi connectivity index (χ2n) is 5.35. The first-order chi connectivity index (χ1) is 10.1. The molecule has 0 amide bonds. The second kappa shape index (κ2) is 7.81. The second-order valence-corrected chi connectivity index (χ2v) is 6.17. The van der Waals surface area contributed by atoms with E-state index in [0.29, 0.717) is 10.0 Å². The van der Waals surface area contributed by atoms with Crippen molar-refractivity contribution in [1.29, 1.82) is 0 Å². The van der Waals surface area contributed by atoms with Crippen LogP contribution in [0.3, 0.4) is 0 Å². The maximum Gasteiger partial charge on any atom is 0.0595 e. The summed E-state index contributed by atoms with van der Waals surface area (Å²) in [4.78, 5) is 2.18. The van der Waals surface area contributed by atoms with Crippen LogP contribution in [0.1, 0.15) is 17.2 Å². The molecule has 2 aromatic rings. The minimum Gasteiger partial charge on any atom is -0.308 e. The van der Waals surface area contributed by atoms with Gasteiger partial charge in [0, 0.05) is 19.1 Å². The molecule has 21 heavy (non-hydrogen) atoms. The van der Waals surface area contributed by atoms with Gasteiger partial charge in [0.2, 0.25) is 0 Å². The first-order valence-electron chi connectivity index (χ1n) is 6.93. The summed E-state index contributed by atoms with van der Waals surface area (Å²) in [5.41, 5.74) is 2.41. The lowest BCUT2D eigenvalue weighted by molar-refractivity contribution is 0.340. The molecule has 0 aliphatic heterocycles. The van der Waals surface area contributed by atoms with Crippen LogP contribution in [0.25, 0.3) is 0 Å². The first kappa shape index (κ1) is 16.3. The molecule has 0 spiro atoms. The topological polar surface area (TPSA) is 15.3 Å². The molecule has 2 aromatic carbocycles. The Morgan fingerprint density at radius 1 is 1.00 bits per heavy atom. The number of hydrogen-bond acceptors (Lipinski definition) is 2. The molecule has 1 atom stereocenters. The Balaban J connectivity index is 2.07. The molecule has 4 heteroatoms. The van der Waals surface area contributed by atoms with Gasteiger partial charge in [0.25, 0.3) is 0 Å². The van der Waals surface area contributed by atoms with Crippen LogP contribution in [0.5, 0.6) is 0 Å². The van der Waals surface area contributed by atoms with Gasteiger partial charge in [-0.05, 0) is 37.4 Å². The third kappa shape index (κ3) is 5.01. The SMILES string of the molecule is CN(C)CC(NCc1ccc(Cl)c(Cl)c1)c1ccccc1. The van der Waals surface area contributed by atoms with Crippen LogP contribution in [0.4, 0.5) is 0 Å². The normalized spacial score (nSPS) is 12.6. The lowest BCUT2D eigenvalue weighted by Gasteiger charge is -2.23. The van der Waals surface area contributed by atoms with Crippen LogP contribution in [0.2, 0.25) is 10.0 Å². The van der Waals surface area contributed by atoms with Gasteiger partial charge in [-0.1, -0.05) is 59.6 Å². The predicted octanol–water partition coefficient (Wildman–Crippen LogP) is 4.39. The predicted molar refractivity (Wildman–Crippen MR) is 91.0 cm³/mol. The summed E-state index contributed by atoms with van der Waals surface area (Å²) in [6, 6.07) is 16.5. The molecular formula is C17H20Cl2N2. The standard InChI is InChI=1S/C17H20Cl2N2/c1-21(2)12-17(14-6-4-3-5-7-14)20-11-13-8-9-15(18)16(19)10-13/h3-10,17,20H,11-12H2,1-2H3. The van der Waals surface area contributed by atoms with E-state index in [1.54, 1.807) is 0 Å². The van der Waals surface area contributed by atoms with Crippen molar-refractivity contribution >= 4 is 23.2 Å². The number of nitrogens with one attached hydrogen (secondary N) is 1. The highest BCUT2D eigenvalue weighted by Gasteiger charge is 2.12. The van der Waals surface area contributed by atoms with Crippen molar-refractivity contribution in [2.24, 2.45) is 0 Å². The van der Waals surface area contributed by atoms with Crippen LogP contribution < -0.4 is 5.32 Å². The summed E-state index contributed by atoms with van der Waals surface area (Å²) >= 11 is 12.0. The molecule has 0 fully saturated rings. The molecule has 0 bridgehead atoms. The highest BCUT2D eigenvalue weighted by molar-refractivity contribution is 6.42. The molecule has 0 saturated carbocycles. The van der Waals surface area contributed by atoms with E-state index in [0.717, 1.165) is 18.7 Å². The molecule has 1 N–H and O–H groups in total. The summed E-state index contributed by atoms with van der Waals surface area (Å²) in [5, 5.41) is 4.78. The largest absolute Gasteiger partial charge is 0.308 e. The van der Waals surface area contributed by atoms with E-state index in [1.807, 2.05) is 24.3 Å². The zero-order chi connectivity index (χ0) is 15.2. The van der Waals surface area contributed by atoms with Gasteiger partial charge in [0.1, 0.15) is 0 Å². The van der Waals surface area contributed by atoms with E-state index in [-0.39, 0.29) is 6.04 Å². The van der Waals surface area contributed by atoms with Gasteiger partial charge in [-0.3, -0.25) is 0 Å². The molecule has 0 aliphatic carbocycles. The molecule has 0 saturated heterocycles. The number of likely N-dealkylation sites (N-methyl/N-ethyl adjacent to an activating group) is 1. The van der Waals surface area contributed by atoms with E-state index in [4.69, 9.17) is 23.2 Å². The lowest BCUT2D eigenvalue weighted by atomic mass is 10.1. The summed E-state index contributed by atoms with van der Waals surface area (Å²) in [5.74, 6) is 0. The van der Waals surface area contributed by atoms with Crippen molar-refractivity contribution in [2.75, 3.05) is 20.6 Å². The lowest BCUT2D eigenvalue weighted by Crippen LogP contribution is -2.30. The maximum atomic E-state index is 6.06. The first-order valence-corrected chi connectivity index (χ1v) is 7.69. The highest BCUT2D eigenvalue weighted by atomic mass is 35.5. The fraction of sp³-hybridized carbons (Fsp3) is 0.294. The summed E-state index contributed by atoms with van der Waals surface area (Å²) < 4.78 is 0. The van der Waals surface area contributed by atoms with Crippen molar-refractivity contribution in [2.45, 2.75) is 12.6 Å². The van der Waals surface area contributed by atoms with Gasteiger partial charge >= 0.3 is 0 Å². The average Bonchev–Trinajstić information content (AvgIpc) is 2.47. The Hall–Kier alpha value is -1.06. The van der Waals surface area contributed by atoms with Crippen LogP contribution in [0, 0.1) is 0 Å². The van der Waals surface area contributed by atoms with Crippen molar-refractivity contribution in [3.63, 3.8) is 0 Å². The third-order valence-corrected chi connectivity index (χ3v) is 4.03. The highest BCUT2D eigenvalue weighted by Crippen LogP contribution is 2.23. The Labute approximate surface area is 136 Å². The third-order valence-electron chi connectivity index (χ3n) is 3.29. The Kier molecular flexibility index (Phi) is 6.07. The number of rotatable bonds is 6. The molecule has 0 aliphatic rings. The van der Waals surface area contributed by atoms with Gasteiger partial charge in [-0.2, -0.15) is 0 Å². The molecular weight excluding hydrogens is 303 g/mol. The molecule has 0 aromatic heterocycles.